The minimum absolute atomic E-state index is 0.0742. The second-order valence-electron chi connectivity index (χ2n) is 4.17. The molecule has 0 aliphatic carbocycles. The topological polar surface area (TPSA) is 38.0 Å². The van der Waals surface area contributed by atoms with Crippen LogP contribution in [0.1, 0.15) is 29.7 Å². The van der Waals surface area contributed by atoms with E-state index in [1.807, 2.05) is 36.4 Å². The van der Waals surface area contributed by atoms with E-state index in [0.29, 0.717) is 0 Å². The third-order valence-electron chi connectivity index (χ3n) is 3.13. The molecule has 0 aromatic heterocycles. The van der Waals surface area contributed by atoms with Crippen LogP contribution in [0.2, 0.25) is 5.02 Å². The van der Waals surface area contributed by atoms with Crippen molar-refractivity contribution in [2.24, 2.45) is 5.84 Å². The highest BCUT2D eigenvalue weighted by Crippen LogP contribution is 2.29. The Morgan fingerprint density at radius 3 is 2.28 bits per heavy atom. The maximum atomic E-state index is 6.25. The third-order valence-corrected chi connectivity index (χ3v) is 3.47. The number of hydrogen-bond acceptors (Lipinski definition) is 2. The number of aryl methyl sites for hydroxylation is 1. The molecule has 0 aliphatic heterocycles. The molecule has 0 bridgehead atoms. The molecule has 0 saturated heterocycles. The highest BCUT2D eigenvalue weighted by Gasteiger charge is 2.17. The molecule has 0 heterocycles. The minimum Gasteiger partial charge on any atom is -0.271 e. The zero-order valence-electron chi connectivity index (χ0n) is 10.4. The van der Waals surface area contributed by atoms with Gasteiger partial charge in [-0.3, -0.25) is 5.84 Å². The van der Waals surface area contributed by atoms with Crippen LogP contribution in [0.25, 0.3) is 0 Å². The van der Waals surface area contributed by atoms with Crippen molar-refractivity contribution in [1.29, 1.82) is 0 Å². The summed E-state index contributed by atoms with van der Waals surface area (Å²) < 4.78 is 0. The average molecular weight is 261 g/mol. The molecule has 1 atom stereocenters. The smallest absolute Gasteiger partial charge is 0.0727 e. The zero-order valence-corrected chi connectivity index (χ0v) is 11.1. The van der Waals surface area contributed by atoms with Crippen molar-refractivity contribution in [3.8, 4) is 0 Å². The predicted molar refractivity (Wildman–Crippen MR) is 76.4 cm³/mol. The van der Waals surface area contributed by atoms with Gasteiger partial charge in [-0.15, -0.1) is 0 Å². The Labute approximate surface area is 113 Å². The summed E-state index contributed by atoms with van der Waals surface area (Å²) >= 11 is 6.25. The van der Waals surface area contributed by atoms with Gasteiger partial charge in [0.15, 0.2) is 0 Å². The molecular formula is C15H17ClN2. The van der Waals surface area contributed by atoms with E-state index in [9.17, 15) is 0 Å². The number of hydrogen-bond donors (Lipinski definition) is 2. The maximum absolute atomic E-state index is 6.25. The summed E-state index contributed by atoms with van der Waals surface area (Å²) in [5, 5.41) is 0.728. The standard InChI is InChI=1S/C15H17ClN2/c1-2-11-7-3-4-8-12(11)15(18-17)13-9-5-6-10-14(13)16/h3-10,15,18H,2,17H2,1H3. The average Bonchev–Trinajstić information content (AvgIpc) is 2.42. The first-order chi connectivity index (χ1) is 8.77. The van der Waals surface area contributed by atoms with Crippen LogP contribution in [-0.2, 0) is 6.42 Å². The highest BCUT2D eigenvalue weighted by atomic mass is 35.5. The Hall–Kier alpha value is -1.35. The molecule has 0 radical (unpaired) electrons. The lowest BCUT2D eigenvalue weighted by Gasteiger charge is -2.20. The summed E-state index contributed by atoms with van der Waals surface area (Å²) in [6, 6.07) is 16.0. The van der Waals surface area contributed by atoms with Crippen LogP contribution < -0.4 is 11.3 Å². The molecule has 2 aromatic carbocycles. The van der Waals surface area contributed by atoms with Gasteiger partial charge in [0.05, 0.1) is 6.04 Å². The fourth-order valence-electron chi connectivity index (χ4n) is 2.19. The molecule has 0 spiro atoms. The van der Waals surface area contributed by atoms with E-state index in [1.54, 1.807) is 0 Å². The van der Waals surface area contributed by atoms with Gasteiger partial charge < -0.3 is 0 Å². The van der Waals surface area contributed by atoms with Gasteiger partial charge in [0.1, 0.15) is 0 Å². The van der Waals surface area contributed by atoms with Gasteiger partial charge in [-0.2, -0.15) is 0 Å². The van der Waals surface area contributed by atoms with Crippen molar-refractivity contribution in [2.45, 2.75) is 19.4 Å². The Morgan fingerprint density at radius 1 is 1.06 bits per heavy atom. The van der Waals surface area contributed by atoms with Crippen molar-refractivity contribution in [2.75, 3.05) is 0 Å². The predicted octanol–water partition coefficient (Wildman–Crippen LogP) is 3.46. The molecular weight excluding hydrogens is 244 g/mol. The van der Waals surface area contributed by atoms with E-state index < -0.39 is 0 Å². The second-order valence-corrected chi connectivity index (χ2v) is 4.58. The largest absolute Gasteiger partial charge is 0.271 e. The summed E-state index contributed by atoms with van der Waals surface area (Å²) in [6.07, 6.45) is 0.971. The summed E-state index contributed by atoms with van der Waals surface area (Å²) in [6.45, 7) is 2.14. The van der Waals surface area contributed by atoms with Crippen molar-refractivity contribution in [3.63, 3.8) is 0 Å². The quantitative estimate of drug-likeness (QED) is 0.653. The summed E-state index contributed by atoms with van der Waals surface area (Å²) in [5.41, 5.74) is 6.32. The molecule has 0 aliphatic rings. The Balaban J connectivity index is 2.49. The highest BCUT2D eigenvalue weighted by molar-refractivity contribution is 6.31. The van der Waals surface area contributed by atoms with E-state index >= 15 is 0 Å². The van der Waals surface area contributed by atoms with Crippen molar-refractivity contribution in [3.05, 3.63) is 70.2 Å². The van der Waals surface area contributed by atoms with Gasteiger partial charge in [-0.1, -0.05) is 61.0 Å². The third kappa shape index (κ3) is 2.56. The van der Waals surface area contributed by atoms with E-state index in [1.165, 1.54) is 11.1 Å². The number of benzene rings is 2. The fraction of sp³-hybridized carbons (Fsp3) is 0.200. The molecule has 2 rings (SSSR count). The lowest BCUT2D eigenvalue weighted by molar-refractivity contribution is 0.631. The lowest BCUT2D eigenvalue weighted by atomic mass is 9.94. The summed E-state index contributed by atoms with van der Waals surface area (Å²) in [5.74, 6) is 5.72. The molecule has 0 amide bonds. The first kappa shape index (κ1) is 13.1. The van der Waals surface area contributed by atoms with Gasteiger partial charge in [0.25, 0.3) is 0 Å². The van der Waals surface area contributed by atoms with Crippen LogP contribution in [0.15, 0.2) is 48.5 Å². The van der Waals surface area contributed by atoms with Crippen molar-refractivity contribution >= 4 is 11.6 Å². The molecule has 0 saturated carbocycles. The summed E-state index contributed by atoms with van der Waals surface area (Å²) in [7, 11) is 0. The van der Waals surface area contributed by atoms with Gasteiger partial charge in [0.2, 0.25) is 0 Å². The molecule has 3 N–H and O–H groups in total. The normalized spacial score (nSPS) is 12.4. The van der Waals surface area contributed by atoms with Crippen LogP contribution in [0.5, 0.6) is 0 Å². The van der Waals surface area contributed by atoms with Crippen LogP contribution in [0.4, 0.5) is 0 Å². The van der Waals surface area contributed by atoms with Crippen molar-refractivity contribution < 1.29 is 0 Å². The first-order valence-electron chi connectivity index (χ1n) is 6.06. The lowest BCUT2D eigenvalue weighted by Crippen LogP contribution is -2.29. The van der Waals surface area contributed by atoms with Gasteiger partial charge in [-0.05, 0) is 29.2 Å². The monoisotopic (exact) mass is 260 g/mol. The van der Waals surface area contributed by atoms with Crippen LogP contribution in [0.3, 0.4) is 0 Å². The SMILES string of the molecule is CCc1ccccc1C(NN)c1ccccc1Cl. The zero-order chi connectivity index (χ0) is 13.0. The van der Waals surface area contributed by atoms with Crippen LogP contribution in [-0.4, -0.2) is 0 Å². The second kappa shape index (κ2) is 6.01. The molecule has 2 aromatic rings. The number of nitrogens with two attached hydrogens (primary N) is 1. The van der Waals surface area contributed by atoms with Crippen molar-refractivity contribution in [1.82, 2.24) is 5.43 Å². The molecule has 3 heteroatoms. The number of rotatable bonds is 4. The molecule has 2 nitrogen and oxygen atoms in total. The fourth-order valence-corrected chi connectivity index (χ4v) is 2.44. The molecule has 1 unspecified atom stereocenters. The van der Waals surface area contributed by atoms with Gasteiger partial charge in [-0.25, -0.2) is 5.43 Å². The number of hydrazine groups is 1. The summed E-state index contributed by atoms with van der Waals surface area (Å²) in [4.78, 5) is 0. The molecule has 94 valence electrons. The Kier molecular flexibility index (Phi) is 4.37. The van der Waals surface area contributed by atoms with Gasteiger partial charge >= 0.3 is 0 Å². The Bertz CT molecular complexity index is 525. The molecule has 18 heavy (non-hydrogen) atoms. The Morgan fingerprint density at radius 2 is 1.67 bits per heavy atom. The van der Waals surface area contributed by atoms with E-state index in [4.69, 9.17) is 17.4 Å². The minimum atomic E-state index is -0.0742. The van der Waals surface area contributed by atoms with Crippen LogP contribution in [0, 0.1) is 0 Å². The van der Waals surface area contributed by atoms with E-state index in [-0.39, 0.29) is 6.04 Å². The molecule has 0 fully saturated rings. The number of nitrogens with one attached hydrogen (secondary N) is 1. The van der Waals surface area contributed by atoms with E-state index in [2.05, 4.69) is 24.5 Å². The van der Waals surface area contributed by atoms with Crippen LogP contribution >= 0.6 is 11.6 Å². The van der Waals surface area contributed by atoms with Gasteiger partial charge in [0, 0.05) is 5.02 Å². The number of halogens is 1. The van der Waals surface area contributed by atoms with E-state index in [0.717, 1.165) is 17.0 Å². The maximum Gasteiger partial charge on any atom is 0.0727 e. The first-order valence-corrected chi connectivity index (χ1v) is 6.44.